The molecule has 2 saturated heterocycles. The number of carboxylic acids is 1. The summed E-state index contributed by atoms with van der Waals surface area (Å²) in [5.74, 6) is -1.51. The van der Waals surface area contributed by atoms with Crippen LogP contribution in [0.4, 0.5) is 4.79 Å². The lowest BCUT2D eigenvalue weighted by molar-refractivity contribution is -0.170. The largest absolute Gasteiger partial charge is 0.480 e. The Morgan fingerprint density at radius 2 is 2.05 bits per heavy atom. The van der Waals surface area contributed by atoms with Gasteiger partial charge in [0, 0.05) is 0 Å². The molecule has 3 atom stereocenters. The molecule has 2 rings (SSSR count). The molecule has 0 aliphatic carbocycles. The van der Waals surface area contributed by atoms with Crippen LogP contribution in [-0.2, 0) is 19.1 Å². The molecule has 0 aromatic rings. The molecule has 8 heteroatoms. The second kappa shape index (κ2) is 5.51. The van der Waals surface area contributed by atoms with Crippen LogP contribution in [0.5, 0.6) is 0 Å². The molecule has 2 amide bonds. The van der Waals surface area contributed by atoms with E-state index in [0.29, 0.717) is 12.8 Å². The fourth-order valence-corrected chi connectivity index (χ4v) is 2.49. The number of nitrogens with one attached hydrogen (secondary N) is 1. The Bertz CT molecular complexity index is 458. The Morgan fingerprint density at radius 3 is 2.62 bits per heavy atom. The number of carbonyl (C=O) groups is 3. The summed E-state index contributed by atoms with van der Waals surface area (Å²) in [6.45, 7) is 5.15. The molecule has 2 N–H and O–H groups in total. The molecule has 0 aromatic heterocycles. The minimum absolute atomic E-state index is 0.0194. The summed E-state index contributed by atoms with van der Waals surface area (Å²) in [7, 11) is 0. The Kier molecular flexibility index (Phi) is 4.08. The summed E-state index contributed by atoms with van der Waals surface area (Å²) in [6, 6.07) is -1.82. The highest BCUT2D eigenvalue weighted by molar-refractivity contribution is 5.90. The molecule has 2 heterocycles. The number of nitrogens with zero attached hydrogens (tertiary/aromatic N) is 1. The van der Waals surface area contributed by atoms with Crippen molar-refractivity contribution in [1.82, 2.24) is 10.2 Å². The summed E-state index contributed by atoms with van der Waals surface area (Å²) in [4.78, 5) is 36.4. The first-order valence-electron chi connectivity index (χ1n) is 6.85. The molecule has 0 spiro atoms. The average Bonchev–Trinajstić information content (AvgIpc) is 2.75. The van der Waals surface area contributed by atoms with E-state index in [9.17, 15) is 14.4 Å². The van der Waals surface area contributed by atoms with Crippen molar-refractivity contribution < 1.29 is 29.0 Å². The van der Waals surface area contributed by atoms with Crippen LogP contribution in [-0.4, -0.2) is 58.5 Å². The Labute approximate surface area is 122 Å². The summed E-state index contributed by atoms with van der Waals surface area (Å²) in [5.41, 5.74) is -0.678. The summed E-state index contributed by atoms with van der Waals surface area (Å²) in [6.07, 6.45) is -0.406. The molecule has 2 aliphatic rings. The van der Waals surface area contributed by atoms with Gasteiger partial charge in [-0.15, -0.1) is 0 Å². The first-order chi connectivity index (χ1) is 9.69. The van der Waals surface area contributed by atoms with Crippen LogP contribution in [0.15, 0.2) is 0 Å². The van der Waals surface area contributed by atoms with E-state index in [1.165, 1.54) is 4.90 Å². The number of hydrogen-bond donors (Lipinski definition) is 2. The molecular weight excluding hydrogens is 280 g/mol. The van der Waals surface area contributed by atoms with Gasteiger partial charge in [-0.05, 0) is 33.6 Å². The van der Waals surface area contributed by atoms with Crippen molar-refractivity contribution in [3.05, 3.63) is 0 Å². The zero-order valence-electron chi connectivity index (χ0n) is 12.3. The highest BCUT2D eigenvalue weighted by atomic mass is 16.6. The topological polar surface area (TPSA) is 105 Å². The normalized spacial score (nSPS) is 29.0. The van der Waals surface area contributed by atoms with E-state index in [1.807, 2.05) is 0 Å². The Hall–Kier alpha value is -1.83. The maximum Gasteiger partial charge on any atom is 0.408 e. The molecule has 0 bridgehead atoms. The van der Waals surface area contributed by atoms with E-state index in [4.69, 9.17) is 14.6 Å². The van der Waals surface area contributed by atoms with Crippen LogP contribution in [0.25, 0.3) is 0 Å². The number of alkyl carbamates (subject to hydrolysis) is 1. The van der Waals surface area contributed by atoms with Crippen LogP contribution in [0, 0.1) is 0 Å². The second-order valence-electron chi connectivity index (χ2n) is 6.16. The Morgan fingerprint density at radius 1 is 1.38 bits per heavy atom. The third-order valence-corrected chi connectivity index (χ3v) is 3.32. The standard InChI is InChI=1S/C13H20N2O6/c1-13(2,3)21-12(19)14-7-6-20-9-5-4-8(11(17)18)15(9)10(7)16/h7-9H,4-6H2,1-3H3,(H,14,19)(H,17,18)/t7?,8-,9-/m0/s1. The van der Waals surface area contributed by atoms with Gasteiger partial charge in [0.1, 0.15) is 23.9 Å². The van der Waals surface area contributed by atoms with Crippen molar-refractivity contribution in [3.63, 3.8) is 0 Å². The molecule has 0 aromatic carbocycles. The van der Waals surface area contributed by atoms with E-state index < -0.39 is 41.9 Å². The summed E-state index contributed by atoms with van der Waals surface area (Å²) < 4.78 is 10.5. The van der Waals surface area contributed by atoms with Crippen LogP contribution in [0.2, 0.25) is 0 Å². The second-order valence-corrected chi connectivity index (χ2v) is 6.16. The van der Waals surface area contributed by atoms with Crippen LogP contribution in [0.1, 0.15) is 33.6 Å². The van der Waals surface area contributed by atoms with E-state index in [2.05, 4.69) is 5.32 Å². The lowest BCUT2D eigenvalue weighted by Gasteiger charge is -2.36. The zero-order valence-corrected chi connectivity index (χ0v) is 12.3. The Balaban J connectivity index is 2.02. The lowest BCUT2D eigenvalue weighted by atomic mass is 10.2. The minimum Gasteiger partial charge on any atom is -0.480 e. The van der Waals surface area contributed by atoms with E-state index in [1.54, 1.807) is 20.8 Å². The van der Waals surface area contributed by atoms with Gasteiger partial charge >= 0.3 is 12.1 Å². The molecule has 8 nitrogen and oxygen atoms in total. The van der Waals surface area contributed by atoms with Gasteiger partial charge < -0.3 is 24.8 Å². The maximum absolute atomic E-state index is 12.3. The van der Waals surface area contributed by atoms with E-state index in [-0.39, 0.29) is 6.61 Å². The minimum atomic E-state index is -1.06. The van der Waals surface area contributed by atoms with Gasteiger partial charge in [0.25, 0.3) is 0 Å². The van der Waals surface area contributed by atoms with Gasteiger partial charge in [0.15, 0.2) is 0 Å². The fourth-order valence-electron chi connectivity index (χ4n) is 2.49. The number of amides is 2. The summed E-state index contributed by atoms with van der Waals surface area (Å²) in [5, 5.41) is 11.6. The predicted molar refractivity (Wildman–Crippen MR) is 70.4 cm³/mol. The number of carbonyl (C=O) groups excluding carboxylic acids is 2. The van der Waals surface area contributed by atoms with Crippen LogP contribution >= 0.6 is 0 Å². The molecule has 0 radical (unpaired) electrons. The van der Waals surface area contributed by atoms with Crippen molar-refractivity contribution >= 4 is 18.0 Å². The van der Waals surface area contributed by atoms with Crippen molar-refractivity contribution in [1.29, 1.82) is 0 Å². The molecule has 2 aliphatic heterocycles. The molecular formula is C13H20N2O6. The fraction of sp³-hybridized carbons (Fsp3) is 0.769. The van der Waals surface area contributed by atoms with Gasteiger partial charge in [0.2, 0.25) is 5.91 Å². The monoisotopic (exact) mass is 300 g/mol. The van der Waals surface area contributed by atoms with E-state index >= 15 is 0 Å². The van der Waals surface area contributed by atoms with Gasteiger partial charge in [-0.25, -0.2) is 9.59 Å². The molecule has 1 unspecified atom stereocenters. The molecule has 118 valence electrons. The first-order valence-corrected chi connectivity index (χ1v) is 6.85. The number of ether oxygens (including phenoxy) is 2. The highest BCUT2D eigenvalue weighted by Crippen LogP contribution is 2.29. The lowest BCUT2D eigenvalue weighted by Crippen LogP contribution is -2.60. The molecule has 21 heavy (non-hydrogen) atoms. The van der Waals surface area contributed by atoms with Gasteiger partial charge in [-0.2, -0.15) is 0 Å². The number of hydrogen-bond acceptors (Lipinski definition) is 5. The third kappa shape index (κ3) is 3.44. The number of carboxylic acid groups (broad SMARTS) is 1. The van der Waals surface area contributed by atoms with Crippen LogP contribution < -0.4 is 5.32 Å². The summed E-state index contributed by atoms with van der Waals surface area (Å²) >= 11 is 0. The number of rotatable bonds is 2. The van der Waals surface area contributed by atoms with Crippen LogP contribution in [0.3, 0.4) is 0 Å². The van der Waals surface area contributed by atoms with E-state index in [0.717, 1.165) is 0 Å². The smallest absolute Gasteiger partial charge is 0.408 e. The highest BCUT2D eigenvalue weighted by Gasteiger charge is 2.47. The quantitative estimate of drug-likeness (QED) is 0.760. The van der Waals surface area contributed by atoms with Crippen molar-refractivity contribution in [2.75, 3.05) is 6.61 Å². The van der Waals surface area contributed by atoms with Gasteiger partial charge in [0.05, 0.1) is 6.61 Å². The SMILES string of the molecule is CC(C)(C)OC(=O)NC1CO[C@H]2CC[C@@H](C(=O)O)N2C1=O. The van der Waals surface area contributed by atoms with Crippen molar-refractivity contribution in [3.8, 4) is 0 Å². The van der Waals surface area contributed by atoms with Crippen molar-refractivity contribution in [2.24, 2.45) is 0 Å². The average molecular weight is 300 g/mol. The first kappa shape index (κ1) is 15.6. The molecule has 2 fully saturated rings. The van der Waals surface area contributed by atoms with Crippen molar-refractivity contribution in [2.45, 2.75) is 57.5 Å². The van der Waals surface area contributed by atoms with Gasteiger partial charge in [-0.3, -0.25) is 4.79 Å². The van der Waals surface area contributed by atoms with Gasteiger partial charge in [-0.1, -0.05) is 0 Å². The zero-order chi connectivity index (χ0) is 15.8. The number of fused-ring (bicyclic) bond motifs is 1. The third-order valence-electron chi connectivity index (χ3n) is 3.32. The predicted octanol–water partition coefficient (Wildman–Crippen LogP) is 0.312. The molecule has 0 saturated carbocycles. The maximum atomic E-state index is 12.3. The number of aliphatic carboxylic acids is 1.